The molecule has 0 saturated carbocycles. The average Bonchev–Trinajstić information content (AvgIpc) is 2.83. The summed E-state index contributed by atoms with van der Waals surface area (Å²) in [5.41, 5.74) is 2.14. The number of fused-ring (bicyclic) bond motifs is 1. The van der Waals surface area contributed by atoms with Crippen LogP contribution in [0.2, 0.25) is 0 Å². The van der Waals surface area contributed by atoms with Gasteiger partial charge in [0.25, 0.3) is 0 Å². The number of nitrogens with one attached hydrogen (secondary N) is 1. The molecule has 1 heterocycles. The highest BCUT2D eigenvalue weighted by molar-refractivity contribution is 5.77. The molecular weight excluding hydrogens is 280 g/mol. The van der Waals surface area contributed by atoms with Crippen LogP contribution in [0.1, 0.15) is 5.82 Å². The van der Waals surface area contributed by atoms with Crippen molar-refractivity contribution in [3.8, 4) is 0 Å². The van der Waals surface area contributed by atoms with E-state index in [-0.39, 0.29) is 12.5 Å². The molecule has 0 unspecified atom stereocenters. The second kappa shape index (κ2) is 7.91. The number of methoxy groups -OCH3 is 1. The molecule has 1 aromatic carbocycles. The number of para-hydroxylation sites is 2. The fourth-order valence-electron chi connectivity index (χ4n) is 2.36. The van der Waals surface area contributed by atoms with Gasteiger partial charge in [-0.25, -0.2) is 4.98 Å². The van der Waals surface area contributed by atoms with E-state index in [1.54, 1.807) is 0 Å². The van der Waals surface area contributed by atoms with Gasteiger partial charge in [-0.15, -0.1) is 0 Å². The van der Waals surface area contributed by atoms with Crippen LogP contribution in [0.15, 0.2) is 24.3 Å². The van der Waals surface area contributed by atoms with Crippen LogP contribution in [0, 0.1) is 0 Å². The predicted octanol–water partition coefficient (Wildman–Crippen LogP) is 0.903. The maximum absolute atomic E-state index is 11.4. The zero-order chi connectivity index (χ0) is 15.9. The first-order chi connectivity index (χ1) is 10.6. The van der Waals surface area contributed by atoms with E-state index in [1.165, 1.54) is 7.11 Å². The number of likely N-dealkylation sites (N-methyl/N-ethyl adjacent to an activating group) is 1. The van der Waals surface area contributed by atoms with Crippen LogP contribution in [-0.4, -0.2) is 61.3 Å². The number of aromatic nitrogens is 2. The van der Waals surface area contributed by atoms with Gasteiger partial charge in [0.05, 0.1) is 11.0 Å². The van der Waals surface area contributed by atoms with Gasteiger partial charge < -0.3 is 19.5 Å². The van der Waals surface area contributed by atoms with Crippen LogP contribution >= 0.6 is 0 Å². The summed E-state index contributed by atoms with van der Waals surface area (Å²) < 4.78 is 7.04. The van der Waals surface area contributed by atoms with Crippen molar-refractivity contribution in [3.63, 3.8) is 0 Å². The lowest BCUT2D eigenvalue weighted by molar-refractivity contribution is -0.124. The van der Waals surface area contributed by atoms with E-state index in [1.807, 2.05) is 18.2 Å². The lowest BCUT2D eigenvalue weighted by Crippen LogP contribution is -2.29. The van der Waals surface area contributed by atoms with E-state index in [9.17, 15) is 4.79 Å². The fourth-order valence-corrected chi connectivity index (χ4v) is 2.36. The minimum Gasteiger partial charge on any atom is -0.375 e. The quantitative estimate of drug-likeness (QED) is 0.787. The van der Waals surface area contributed by atoms with Gasteiger partial charge in [-0.3, -0.25) is 4.79 Å². The first-order valence-corrected chi connectivity index (χ1v) is 7.46. The van der Waals surface area contributed by atoms with E-state index in [0.717, 1.165) is 29.9 Å². The molecule has 1 N–H and O–H groups in total. The number of rotatable bonds is 8. The molecule has 0 bridgehead atoms. The van der Waals surface area contributed by atoms with Crippen molar-refractivity contribution in [2.24, 2.45) is 0 Å². The second-order valence-electron chi connectivity index (χ2n) is 5.50. The summed E-state index contributed by atoms with van der Waals surface area (Å²) in [4.78, 5) is 18.3. The van der Waals surface area contributed by atoms with E-state index in [4.69, 9.17) is 9.72 Å². The van der Waals surface area contributed by atoms with Crippen molar-refractivity contribution in [2.45, 2.75) is 13.0 Å². The molecule has 0 aliphatic rings. The number of hydrogen-bond acceptors (Lipinski definition) is 4. The van der Waals surface area contributed by atoms with E-state index in [0.29, 0.717) is 13.0 Å². The molecular formula is C16H24N4O2. The van der Waals surface area contributed by atoms with Crippen molar-refractivity contribution >= 4 is 16.9 Å². The molecule has 2 rings (SSSR count). The maximum Gasteiger partial charge on any atom is 0.245 e. The zero-order valence-electron chi connectivity index (χ0n) is 13.5. The van der Waals surface area contributed by atoms with Gasteiger partial charge in [0.2, 0.25) is 5.91 Å². The normalized spacial score (nSPS) is 11.3. The summed E-state index contributed by atoms with van der Waals surface area (Å²) in [6.07, 6.45) is 0.706. The second-order valence-corrected chi connectivity index (χ2v) is 5.50. The van der Waals surface area contributed by atoms with Crippen molar-refractivity contribution in [2.75, 3.05) is 40.9 Å². The maximum atomic E-state index is 11.4. The number of benzene rings is 1. The highest BCUT2D eigenvalue weighted by Gasteiger charge is 2.10. The summed E-state index contributed by atoms with van der Waals surface area (Å²) in [6, 6.07) is 8.13. The Hall–Kier alpha value is -1.92. The smallest absolute Gasteiger partial charge is 0.245 e. The Balaban J connectivity index is 2.10. The van der Waals surface area contributed by atoms with Crippen LogP contribution in [0.25, 0.3) is 11.0 Å². The molecule has 120 valence electrons. The molecule has 1 aromatic heterocycles. The number of hydrogen-bond donors (Lipinski definition) is 1. The Bertz CT molecular complexity index is 622. The molecule has 0 aliphatic heterocycles. The SMILES string of the molecule is COCC(=O)NCCc1nc2ccccc2n1CCN(C)C. The summed E-state index contributed by atoms with van der Waals surface area (Å²) in [5, 5.41) is 2.84. The number of amides is 1. The molecule has 6 heteroatoms. The number of imidazole rings is 1. The molecule has 1 amide bonds. The van der Waals surface area contributed by atoms with E-state index < -0.39 is 0 Å². The topological polar surface area (TPSA) is 59.4 Å². The molecule has 0 fully saturated rings. The van der Waals surface area contributed by atoms with Crippen LogP contribution in [0.5, 0.6) is 0 Å². The van der Waals surface area contributed by atoms with Gasteiger partial charge in [0.1, 0.15) is 12.4 Å². The standard InChI is InChI=1S/C16H24N4O2/c1-19(2)10-11-20-14-7-5-4-6-13(14)18-15(20)8-9-17-16(21)12-22-3/h4-7H,8-12H2,1-3H3,(H,17,21). The third kappa shape index (κ3) is 4.29. The lowest BCUT2D eigenvalue weighted by atomic mass is 10.3. The van der Waals surface area contributed by atoms with E-state index >= 15 is 0 Å². The Morgan fingerprint density at radius 1 is 1.36 bits per heavy atom. The lowest BCUT2D eigenvalue weighted by Gasteiger charge is -2.13. The number of carbonyl (C=O) groups excluding carboxylic acids is 1. The Labute approximate surface area is 131 Å². The van der Waals surface area contributed by atoms with Crippen LogP contribution in [0.3, 0.4) is 0 Å². The van der Waals surface area contributed by atoms with Crippen LogP contribution in [-0.2, 0) is 22.5 Å². The number of ether oxygens (including phenoxy) is 1. The highest BCUT2D eigenvalue weighted by atomic mass is 16.5. The minimum absolute atomic E-state index is 0.0943. The summed E-state index contributed by atoms with van der Waals surface area (Å²) in [7, 11) is 5.63. The average molecular weight is 304 g/mol. The van der Waals surface area contributed by atoms with Gasteiger partial charge in [-0.2, -0.15) is 0 Å². The fraction of sp³-hybridized carbons (Fsp3) is 0.500. The highest BCUT2D eigenvalue weighted by Crippen LogP contribution is 2.16. The van der Waals surface area contributed by atoms with Gasteiger partial charge >= 0.3 is 0 Å². The zero-order valence-corrected chi connectivity index (χ0v) is 13.5. The first kappa shape index (κ1) is 16.5. The summed E-state index contributed by atoms with van der Waals surface area (Å²) >= 11 is 0. The van der Waals surface area contributed by atoms with Gasteiger partial charge in [-0.05, 0) is 26.2 Å². The third-order valence-electron chi connectivity index (χ3n) is 3.45. The van der Waals surface area contributed by atoms with Crippen LogP contribution in [0.4, 0.5) is 0 Å². The Kier molecular flexibility index (Phi) is 5.91. The van der Waals surface area contributed by atoms with Crippen molar-refractivity contribution in [1.29, 1.82) is 0 Å². The molecule has 0 spiro atoms. The molecule has 2 aromatic rings. The molecule has 22 heavy (non-hydrogen) atoms. The van der Waals surface area contributed by atoms with Gasteiger partial charge in [0.15, 0.2) is 0 Å². The van der Waals surface area contributed by atoms with Crippen LogP contribution < -0.4 is 5.32 Å². The molecule has 0 atom stereocenters. The monoisotopic (exact) mass is 304 g/mol. The number of nitrogens with zero attached hydrogens (tertiary/aromatic N) is 3. The van der Waals surface area contributed by atoms with Gasteiger partial charge in [0, 0.05) is 33.2 Å². The Morgan fingerprint density at radius 2 is 2.14 bits per heavy atom. The minimum atomic E-state index is -0.0987. The first-order valence-electron chi connectivity index (χ1n) is 7.46. The predicted molar refractivity (Wildman–Crippen MR) is 86.9 cm³/mol. The summed E-state index contributed by atoms with van der Waals surface area (Å²) in [6.45, 7) is 2.49. The van der Waals surface area contributed by atoms with Gasteiger partial charge in [-0.1, -0.05) is 12.1 Å². The summed E-state index contributed by atoms with van der Waals surface area (Å²) in [5.74, 6) is 0.902. The van der Waals surface area contributed by atoms with Crippen molar-refractivity contribution in [3.05, 3.63) is 30.1 Å². The third-order valence-corrected chi connectivity index (χ3v) is 3.45. The largest absolute Gasteiger partial charge is 0.375 e. The van der Waals surface area contributed by atoms with E-state index in [2.05, 4.69) is 34.9 Å². The van der Waals surface area contributed by atoms with Crippen molar-refractivity contribution in [1.82, 2.24) is 19.8 Å². The molecule has 6 nitrogen and oxygen atoms in total. The number of carbonyl (C=O) groups is 1. The molecule has 0 radical (unpaired) electrons. The molecule has 0 aliphatic carbocycles. The van der Waals surface area contributed by atoms with Crippen molar-refractivity contribution < 1.29 is 9.53 Å². The molecule has 0 saturated heterocycles. The Morgan fingerprint density at radius 3 is 2.86 bits per heavy atom.